The van der Waals surface area contributed by atoms with Gasteiger partial charge in [-0.2, -0.15) is 0 Å². The minimum Gasteiger partial charge on any atom is -0.392 e. The van der Waals surface area contributed by atoms with E-state index in [0.29, 0.717) is 6.54 Å². The first-order valence-electron chi connectivity index (χ1n) is 6.44. The van der Waals surface area contributed by atoms with Crippen molar-refractivity contribution in [1.29, 1.82) is 0 Å². The van der Waals surface area contributed by atoms with E-state index in [9.17, 15) is 4.79 Å². The quantitative estimate of drug-likeness (QED) is 0.755. The van der Waals surface area contributed by atoms with Gasteiger partial charge in [0.1, 0.15) is 0 Å². The Morgan fingerprint density at radius 3 is 2.05 bits per heavy atom. The lowest BCUT2D eigenvalue weighted by Crippen LogP contribution is -2.55. The van der Waals surface area contributed by atoms with Gasteiger partial charge in [0.15, 0.2) is 0 Å². The molecular formula is C15H24N2O2. The number of aliphatic hydroxyl groups is 1. The third-order valence-corrected chi connectivity index (χ3v) is 3.84. The van der Waals surface area contributed by atoms with Gasteiger partial charge in [0.05, 0.1) is 12.0 Å². The number of aliphatic hydroxyl groups excluding tert-OH is 1. The minimum absolute atomic E-state index is 0.0288. The smallest absolute Gasteiger partial charge is 0.227 e. The predicted octanol–water partition coefficient (Wildman–Crippen LogP) is 1.56. The molecule has 106 valence electrons. The van der Waals surface area contributed by atoms with E-state index in [1.807, 2.05) is 52.0 Å². The average molecular weight is 264 g/mol. The molecule has 4 heteroatoms. The van der Waals surface area contributed by atoms with Crippen molar-refractivity contribution in [2.24, 2.45) is 11.1 Å². The number of nitrogens with two attached hydrogens (primary N) is 1. The highest BCUT2D eigenvalue weighted by Gasteiger charge is 2.40. The van der Waals surface area contributed by atoms with Crippen LogP contribution in [0.15, 0.2) is 24.3 Å². The van der Waals surface area contributed by atoms with Crippen LogP contribution in [0, 0.1) is 5.41 Å². The maximum atomic E-state index is 12.2. The predicted molar refractivity (Wildman–Crippen MR) is 76.3 cm³/mol. The number of hydrogen-bond acceptors (Lipinski definition) is 3. The summed E-state index contributed by atoms with van der Waals surface area (Å²) < 4.78 is 0. The molecule has 0 aromatic heterocycles. The molecule has 0 bridgehead atoms. The van der Waals surface area contributed by atoms with Crippen molar-refractivity contribution in [3.05, 3.63) is 35.4 Å². The molecule has 0 spiro atoms. The highest BCUT2D eigenvalue weighted by molar-refractivity contribution is 5.83. The Morgan fingerprint density at radius 2 is 1.63 bits per heavy atom. The first kappa shape index (κ1) is 15.7. The van der Waals surface area contributed by atoms with Crippen LogP contribution < -0.4 is 11.1 Å². The van der Waals surface area contributed by atoms with Crippen LogP contribution >= 0.6 is 0 Å². The van der Waals surface area contributed by atoms with Gasteiger partial charge in [0.25, 0.3) is 0 Å². The molecule has 4 nitrogen and oxygen atoms in total. The Kier molecular flexibility index (Phi) is 4.71. The number of benzene rings is 1. The lowest BCUT2D eigenvalue weighted by Gasteiger charge is -2.36. The number of carbonyl (C=O) groups excluding carboxylic acids is 1. The van der Waals surface area contributed by atoms with Crippen LogP contribution in [0.4, 0.5) is 0 Å². The molecule has 1 aromatic rings. The van der Waals surface area contributed by atoms with E-state index in [4.69, 9.17) is 10.8 Å². The first-order valence-corrected chi connectivity index (χ1v) is 6.44. The molecule has 1 amide bonds. The van der Waals surface area contributed by atoms with E-state index in [2.05, 4.69) is 5.32 Å². The van der Waals surface area contributed by atoms with Gasteiger partial charge in [-0.3, -0.25) is 4.79 Å². The Balaban J connectivity index is 2.63. The second-order valence-corrected chi connectivity index (χ2v) is 6.00. The summed E-state index contributed by atoms with van der Waals surface area (Å²) in [5.74, 6) is -0.0637. The Labute approximate surface area is 115 Å². The minimum atomic E-state index is -0.641. The molecule has 0 atom stereocenters. The largest absolute Gasteiger partial charge is 0.392 e. The van der Waals surface area contributed by atoms with Crippen molar-refractivity contribution in [3.63, 3.8) is 0 Å². The van der Waals surface area contributed by atoms with Gasteiger partial charge in [-0.05, 0) is 38.8 Å². The van der Waals surface area contributed by atoms with Crippen molar-refractivity contribution in [2.45, 2.75) is 46.4 Å². The van der Waals surface area contributed by atoms with E-state index in [1.54, 1.807) is 0 Å². The van der Waals surface area contributed by atoms with Crippen LogP contribution in [0.5, 0.6) is 0 Å². The number of carbonyl (C=O) groups is 1. The monoisotopic (exact) mass is 264 g/mol. The molecule has 0 unspecified atom stereocenters. The van der Waals surface area contributed by atoms with E-state index in [0.717, 1.165) is 11.1 Å². The van der Waals surface area contributed by atoms with E-state index in [-0.39, 0.29) is 12.5 Å². The fourth-order valence-corrected chi connectivity index (χ4v) is 1.46. The summed E-state index contributed by atoms with van der Waals surface area (Å²) in [6, 6.07) is 7.48. The van der Waals surface area contributed by atoms with Gasteiger partial charge >= 0.3 is 0 Å². The highest BCUT2D eigenvalue weighted by atomic mass is 16.3. The van der Waals surface area contributed by atoms with Gasteiger partial charge in [0.2, 0.25) is 5.91 Å². The Bertz CT molecular complexity index is 430. The van der Waals surface area contributed by atoms with Crippen molar-refractivity contribution < 1.29 is 9.90 Å². The van der Waals surface area contributed by atoms with Crippen LogP contribution in [0.3, 0.4) is 0 Å². The zero-order valence-corrected chi connectivity index (χ0v) is 12.2. The summed E-state index contributed by atoms with van der Waals surface area (Å²) in [6.07, 6.45) is 0. The molecule has 0 saturated carbocycles. The van der Waals surface area contributed by atoms with E-state index >= 15 is 0 Å². The molecule has 4 N–H and O–H groups in total. The van der Waals surface area contributed by atoms with E-state index < -0.39 is 11.0 Å². The topological polar surface area (TPSA) is 75.4 Å². The molecule has 0 radical (unpaired) electrons. The fraction of sp³-hybridized carbons (Fsp3) is 0.533. The van der Waals surface area contributed by atoms with Gasteiger partial charge in [-0.25, -0.2) is 0 Å². The summed E-state index contributed by atoms with van der Waals surface area (Å²) in [4.78, 5) is 12.2. The van der Waals surface area contributed by atoms with Crippen molar-refractivity contribution in [2.75, 3.05) is 0 Å². The first-order chi connectivity index (χ1) is 8.68. The van der Waals surface area contributed by atoms with Crippen LogP contribution in [0.1, 0.15) is 38.8 Å². The van der Waals surface area contributed by atoms with Crippen molar-refractivity contribution in [1.82, 2.24) is 5.32 Å². The molecule has 1 aromatic carbocycles. The highest BCUT2D eigenvalue weighted by Crippen LogP contribution is 2.28. The van der Waals surface area contributed by atoms with Crippen molar-refractivity contribution >= 4 is 5.91 Å². The standard InChI is InChI=1S/C15H24N2O2/c1-14(2,15(3,4)16)13(19)17-9-11-5-7-12(10-18)8-6-11/h5-8,18H,9-10,16H2,1-4H3,(H,17,19). The summed E-state index contributed by atoms with van der Waals surface area (Å²) in [5, 5.41) is 11.9. The SMILES string of the molecule is CC(C)(N)C(C)(C)C(=O)NCc1ccc(CO)cc1. The zero-order chi connectivity index (χ0) is 14.7. The van der Waals surface area contributed by atoms with Gasteiger partial charge < -0.3 is 16.2 Å². The Hall–Kier alpha value is -1.39. The molecule has 19 heavy (non-hydrogen) atoms. The van der Waals surface area contributed by atoms with Crippen LogP contribution in [-0.2, 0) is 17.9 Å². The third kappa shape index (κ3) is 3.78. The summed E-state index contributed by atoms with van der Waals surface area (Å²) in [6.45, 7) is 7.88. The van der Waals surface area contributed by atoms with Crippen LogP contribution in [0.25, 0.3) is 0 Å². The lowest BCUT2D eigenvalue weighted by molar-refractivity contribution is -0.132. The Morgan fingerprint density at radius 1 is 1.16 bits per heavy atom. The number of hydrogen-bond donors (Lipinski definition) is 3. The number of nitrogens with one attached hydrogen (secondary N) is 1. The van der Waals surface area contributed by atoms with Gasteiger partial charge in [-0.15, -0.1) is 0 Å². The summed E-state index contributed by atoms with van der Waals surface area (Å²) in [5.41, 5.74) is 6.66. The zero-order valence-electron chi connectivity index (χ0n) is 12.2. The lowest BCUT2D eigenvalue weighted by atomic mass is 9.74. The molecule has 0 aliphatic heterocycles. The maximum absolute atomic E-state index is 12.2. The van der Waals surface area contributed by atoms with Crippen molar-refractivity contribution in [3.8, 4) is 0 Å². The molecule has 0 saturated heterocycles. The van der Waals surface area contributed by atoms with Gasteiger partial charge in [-0.1, -0.05) is 24.3 Å². The third-order valence-electron chi connectivity index (χ3n) is 3.84. The van der Waals surface area contributed by atoms with Crippen LogP contribution in [0.2, 0.25) is 0 Å². The summed E-state index contributed by atoms with van der Waals surface area (Å²) >= 11 is 0. The normalized spacial score (nSPS) is 12.3. The summed E-state index contributed by atoms with van der Waals surface area (Å²) in [7, 11) is 0. The van der Waals surface area contributed by atoms with Crippen LogP contribution in [-0.4, -0.2) is 16.6 Å². The average Bonchev–Trinajstić information content (AvgIpc) is 2.35. The number of amides is 1. The van der Waals surface area contributed by atoms with Gasteiger partial charge in [0, 0.05) is 12.1 Å². The molecular weight excluding hydrogens is 240 g/mol. The second-order valence-electron chi connectivity index (χ2n) is 6.00. The molecule has 1 rings (SSSR count). The number of rotatable bonds is 5. The molecule has 0 aliphatic carbocycles. The maximum Gasteiger partial charge on any atom is 0.227 e. The molecule has 0 fully saturated rings. The molecule has 0 heterocycles. The van der Waals surface area contributed by atoms with E-state index in [1.165, 1.54) is 0 Å². The molecule has 0 aliphatic rings. The second kappa shape index (κ2) is 5.72. The fourth-order valence-electron chi connectivity index (χ4n) is 1.46.